The summed E-state index contributed by atoms with van der Waals surface area (Å²) < 4.78 is 51.3. The summed E-state index contributed by atoms with van der Waals surface area (Å²) in [4.78, 5) is 34.6. The number of anilines is 2. The molecule has 0 unspecified atom stereocenters. The molecule has 2 N–H and O–H groups in total. The van der Waals surface area contributed by atoms with Crippen LogP contribution in [0.1, 0.15) is 60.2 Å². The predicted molar refractivity (Wildman–Crippen MR) is 137 cm³/mol. The fourth-order valence-electron chi connectivity index (χ4n) is 3.47. The Balaban J connectivity index is 1.91. The lowest BCUT2D eigenvalue weighted by Crippen LogP contribution is -2.22. The highest BCUT2D eigenvalue weighted by Gasteiger charge is 2.35. The van der Waals surface area contributed by atoms with Crippen molar-refractivity contribution in [3.05, 3.63) is 80.2 Å². The van der Waals surface area contributed by atoms with Crippen LogP contribution in [0.5, 0.6) is 5.75 Å². The van der Waals surface area contributed by atoms with Crippen LogP contribution >= 0.6 is 11.3 Å². The Hall–Kier alpha value is -4.13. The van der Waals surface area contributed by atoms with E-state index in [-0.39, 0.29) is 39.2 Å². The van der Waals surface area contributed by atoms with Gasteiger partial charge in [0.05, 0.1) is 20.9 Å². The predicted octanol–water partition coefficient (Wildman–Crippen LogP) is 7.35. The molecule has 0 aliphatic heterocycles. The molecule has 1 heterocycles. The molecule has 0 bridgehead atoms. The molecular weight excluding hydrogens is 541 g/mol. The van der Waals surface area contributed by atoms with Gasteiger partial charge in [0.15, 0.2) is 4.88 Å². The standard InChI is InChI=1S/C26H25F3N2O7S/c1-14(16-7-5-6-8-17(16)26(27,28)29)38-20-12-21(39-22(20)23(32)33)30-18-11-15(9-10-19(18)31(35)36)13-37-24(34)25(2,3)4/h5-12,14,30H,13H2,1-4H3,(H,32,33)/t14-/m1/s1. The average Bonchev–Trinajstić information content (AvgIpc) is 3.23. The number of ether oxygens (including phenoxy) is 2. The number of carbonyl (C=O) groups is 2. The molecule has 2 aromatic carbocycles. The summed E-state index contributed by atoms with van der Waals surface area (Å²) in [6.07, 6.45) is -5.81. The van der Waals surface area contributed by atoms with Gasteiger partial charge in [-0.15, -0.1) is 11.3 Å². The second-order valence-electron chi connectivity index (χ2n) is 9.51. The van der Waals surface area contributed by atoms with Gasteiger partial charge in [0.1, 0.15) is 24.1 Å². The van der Waals surface area contributed by atoms with Crippen molar-refractivity contribution in [2.45, 2.75) is 46.6 Å². The zero-order valence-electron chi connectivity index (χ0n) is 21.3. The van der Waals surface area contributed by atoms with Crippen molar-refractivity contribution in [3.8, 4) is 5.75 Å². The average molecular weight is 567 g/mol. The van der Waals surface area contributed by atoms with Crippen molar-refractivity contribution in [2.75, 3.05) is 5.32 Å². The Bertz CT molecular complexity index is 1400. The van der Waals surface area contributed by atoms with Gasteiger partial charge in [0.2, 0.25) is 0 Å². The number of carboxylic acids is 1. The van der Waals surface area contributed by atoms with Crippen LogP contribution in [0.25, 0.3) is 0 Å². The summed E-state index contributed by atoms with van der Waals surface area (Å²) in [7, 11) is 0. The molecule has 0 radical (unpaired) electrons. The molecule has 3 aromatic rings. The minimum Gasteiger partial charge on any atom is -0.484 e. The van der Waals surface area contributed by atoms with Gasteiger partial charge in [-0.3, -0.25) is 14.9 Å². The molecule has 1 aromatic heterocycles. The number of benzene rings is 2. The molecule has 9 nitrogen and oxygen atoms in total. The second kappa shape index (κ2) is 11.3. The van der Waals surface area contributed by atoms with Gasteiger partial charge in [0.25, 0.3) is 5.69 Å². The number of rotatable bonds is 9. The molecular formula is C26H25F3N2O7S. The van der Waals surface area contributed by atoms with E-state index in [4.69, 9.17) is 9.47 Å². The number of aromatic carboxylic acids is 1. The molecule has 0 fully saturated rings. The smallest absolute Gasteiger partial charge is 0.416 e. The Kier molecular flexibility index (Phi) is 8.54. The number of thiophene rings is 1. The lowest BCUT2D eigenvalue weighted by Gasteiger charge is -2.19. The van der Waals surface area contributed by atoms with E-state index in [2.05, 4.69) is 5.32 Å². The fraction of sp³-hybridized carbons (Fsp3) is 0.308. The van der Waals surface area contributed by atoms with Crippen LogP contribution < -0.4 is 10.1 Å². The number of halogens is 3. The summed E-state index contributed by atoms with van der Waals surface area (Å²) >= 11 is 0.691. The number of carbonyl (C=O) groups excluding carboxylic acids is 1. The van der Waals surface area contributed by atoms with Crippen LogP contribution in [0.2, 0.25) is 0 Å². The normalized spacial score (nSPS) is 12.5. The maximum Gasteiger partial charge on any atom is 0.416 e. The first-order chi connectivity index (χ1) is 18.1. The van der Waals surface area contributed by atoms with Crippen molar-refractivity contribution in [2.24, 2.45) is 5.41 Å². The first-order valence-corrected chi connectivity index (χ1v) is 12.3. The number of esters is 1. The Morgan fingerprint density at radius 1 is 1.13 bits per heavy atom. The Labute approximate surface area is 225 Å². The maximum absolute atomic E-state index is 13.5. The lowest BCUT2D eigenvalue weighted by atomic mass is 9.97. The number of nitrogens with one attached hydrogen (secondary N) is 1. The van der Waals surface area contributed by atoms with E-state index in [0.717, 1.165) is 6.07 Å². The third kappa shape index (κ3) is 7.25. The fourth-order valence-corrected chi connectivity index (χ4v) is 4.31. The van der Waals surface area contributed by atoms with Gasteiger partial charge < -0.3 is 19.9 Å². The number of alkyl halides is 3. The van der Waals surface area contributed by atoms with Crippen LogP contribution in [0.3, 0.4) is 0 Å². The van der Waals surface area contributed by atoms with Crippen LogP contribution in [0.4, 0.5) is 29.5 Å². The molecule has 0 aliphatic carbocycles. The van der Waals surface area contributed by atoms with Crippen LogP contribution in [-0.2, 0) is 22.3 Å². The van der Waals surface area contributed by atoms with E-state index in [9.17, 15) is 38.0 Å². The van der Waals surface area contributed by atoms with Gasteiger partial charge in [0, 0.05) is 17.7 Å². The molecule has 0 aliphatic rings. The van der Waals surface area contributed by atoms with E-state index in [1.165, 1.54) is 49.4 Å². The molecule has 0 amide bonds. The maximum atomic E-state index is 13.5. The SMILES string of the molecule is C[C@@H](Oc1cc(Nc2cc(COC(=O)C(C)(C)C)ccc2[N+](=O)[O-])sc1C(=O)O)c1ccccc1C(F)(F)F. The summed E-state index contributed by atoms with van der Waals surface area (Å²) in [6, 6.07) is 10.0. The van der Waals surface area contributed by atoms with Crippen LogP contribution in [0.15, 0.2) is 48.5 Å². The number of carboxylic acid groups (broad SMARTS) is 1. The second-order valence-corrected chi connectivity index (χ2v) is 10.6. The van der Waals surface area contributed by atoms with Crippen LogP contribution in [0, 0.1) is 15.5 Å². The van der Waals surface area contributed by atoms with Gasteiger partial charge >= 0.3 is 18.1 Å². The van der Waals surface area contributed by atoms with E-state index < -0.39 is 40.1 Å². The third-order valence-corrected chi connectivity index (χ3v) is 6.42. The summed E-state index contributed by atoms with van der Waals surface area (Å²) in [6.45, 7) is 6.23. The highest BCUT2D eigenvalue weighted by Crippen LogP contribution is 2.41. The summed E-state index contributed by atoms with van der Waals surface area (Å²) in [5, 5.41) is 24.2. The molecule has 0 saturated heterocycles. The lowest BCUT2D eigenvalue weighted by molar-refractivity contribution is -0.383. The third-order valence-electron chi connectivity index (χ3n) is 5.40. The van der Waals surface area contributed by atoms with Gasteiger partial charge in [-0.1, -0.05) is 18.2 Å². The number of hydrogen-bond donors (Lipinski definition) is 2. The van der Waals surface area contributed by atoms with Gasteiger partial charge in [-0.25, -0.2) is 4.79 Å². The Morgan fingerprint density at radius 3 is 2.38 bits per heavy atom. The van der Waals surface area contributed by atoms with E-state index in [1.807, 2.05) is 0 Å². The first-order valence-electron chi connectivity index (χ1n) is 11.5. The minimum atomic E-state index is -4.64. The van der Waals surface area contributed by atoms with Crippen molar-refractivity contribution in [3.63, 3.8) is 0 Å². The number of hydrogen-bond acceptors (Lipinski definition) is 8. The number of nitrogens with zero attached hydrogens (tertiary/aromatic N) is 1. The first kappa shape index (κ1) is 29.4. The summed E-state index contributed by atoms with van der Waals surface area (Å²) in [5.74, 6) is -2.07. The van der Waals surface area contributed by atoms with Crippen molar-refractivity contribution < 1.29 is 42.3 Å². The molecule has 1 atom stereocenters. The Morgan fingerprint density at radius 2 is 1.79 bits per heavy atom. The number of nitro groups is 1. The number of nitro benzene ring substituents is 1. The van der Waals surface area contributed by atoms with Gasteiger partial charge in [-0.2, -0.15) is 13.2 Å². The molecule has 0 saturated carbocycles. The van der Waals surface area contributed by atoms with Crippen molar-refractivity contribution >= 4 is 39.7 Å². The van der Waals surface area contributed by atoms with Gasteiger partial charge in [-0.05, 0) is 51.5 Å². The van der Waals surface area contributed by atoms with E-state index in [0.29, 0.717) is 16.9 Å². The van der Waals surface area contributed by atoms with Crippen molar-refractivity contribution in [1.29, 1.82) is 0 Å². The molecule has 0 spiro atoms. The quantitative estimate of drug-likeness (QED) is 0.156. The summed E-state index contributed by atoms with van der Waals surface area (Å²) in [5.41, 5.74) is -1.76. The van der Waals surface area contributed by atoms with Crippen molar-refractivity contribution in [1.82, 2.24) is 0 Å². The molecule has 39 heavy (non-hydrogen) atoms. The van der Waals surface area contributed by atoms with E-state index in [1.54, 1.807) is 20.8 Å². The molecule has 208 valence electrons. The topological polar surface area (TPSA) is 128 Å². The zero-order valence-corrected chi connectivity index (χ0v) is 22.1. The minimum absolute atomic E-state index is 0.00971. The highest BCUT2D eigenvalue weighted by molar-refractivity contribution is 7.18. The molecule has 3 rings (SSSR count). The van der Waals surface area contributed by atoms with Crippen LogP contribution in [-0.4, -0.2) is 22.0 Å². The zero-order chi connectivity index (χ0) is 29.1. The molecule has 13 heteroatoms. The monoisotopic (exact) mass is 566 g/mol. The largest absolute Gasteiger partial charge is 0.484 e. The highest BCUT2D eigenvalue weighted by atomic mass is 32.1. The van der Waals surface area contributed by atoms with E-state index >= 15 is 0 Å².